The molecule has 16 heavy (non-hydrogen) atoms. The Hall–Kier alpha value is -0.800. The lowest BCUT2D eigenvalue weighted by molar-refractivity contribution is 0.159. The van der Waals surface area contributed by atoms with Crippen LogP contribution in [0.4, 0.5) is 0 Å². The van der Waals surface area contributed by atoms with Crippen molar-refractivity contribution >= 4 is 0 Å². The van der Waals surface area contributed by atoms with Crippen LogP contribution in [-0.4, -0.2) is 19.8 Å². The van der Waals surface area contributed by atoms with Gasteiger partial charge in [0.1, 0.15) is 11.5 Å². The van der Waals surface area contributed by atoms with E-state index in [0.29, 0.717) is 6.04 Å². The van der Waals surface area contributed by atoms with Crippen LogP contribution in [-0.2, 0) is 11.3 Å². The van der Waals surface area contributed by atoms with Crippen LogP contribution in [0.3, 0.4) is 0 Å². The first-order valence-corrected chi connectivity index (χ1v) is 6.04. The van der Waals surface area contributed by atoms with Crippen molar-refractivity contribution in [2.24, 2.45) is 0 Å². The second-order valence-corrected chi connectivity index (χ2v) is 4.19. The Morgan fingerprint density at radius 1 is 1.44 bits per heavy atom. The van der Waals surface area contributed by atoms with Crippen LogP contribution in [0.15, 0.2) is 16.5 Å². The van der Waals surface area contributed by atoms with Crippen LogP contribution < -0.4 is 5.32 Å². The fraction of sp³-hybridized carbons (Fsp3) is 0.692. The van der Waals surface area contributed by atoms with Gasteiger partial charge in [0.25, 0.3) is 0 Å². The summed E-state index contributed by atoms with van der Waals surface area (Å²) in [6.07, 6.45) is 3.62. The lowest BCUT2D eigenvalue weighted by atomic mass is 10.1. The molecule has 1 aromatic rings. The van der Waals surface area contributed by atoms with Gasteiger partial charge in [0.15, 0.2) is 0 Å². The van der Waals surface area contributed by atoms with E-state index in [1.165, 1.54) is 12.8 Å². The van der Waals surface area contributed by atoms with E-state index in [2.05, 4.69) is 12.2 Å². The Morgan fingerprint density at radius 3 is 2.81 bits per heavy atom. The van der Waals surface area contributed by atoms with Crippen LogP contribution in [0, 0.1) is 6.92 Å². The summed E-state index contributed by atoms with van der Waals surface area (Å²) in [5.41, 5.74) is 0. The Morgan fingerprint density at radius 2 is 2.25 bits per heavy atom. The summed E-state index contributed by atoms with van der Waals surface area (Å²) in [5.74, 6) is 1.96. The molecule has 0 saturated carbocycles. The molecule has 92 valence electrons. The highest BCUT2D eigenvalue weighted by Crippen LogP contribution is 2.07. The van der Waals surface area contributed by atoms with Gasteiger partial charge < -0.3 is 14.5 Å². The highest BCUT2D eigenvalue weighted by atomic mass is 16.5. The first kappa shape index (κ1) is 13.3. The third kappa shape index (κ3) is 4.81. The van der Waals surface area contributed by atoms with E-state index in [4.69, 9.17) is 9.15 Å². The molecule has 0 bridgehead atoms. The largest absolute Gasteiger partial charge is 0.465 e. The number of methoxy groups -OCH3 is 1. The van der Waals surface area contributed by atoms with E-state index in [1.807, 2.05) is 19.1 Å². The summed E-state index contributed by atoms with van der Waals surface area (Å²) >= 11 is 0. The fourth-order valence-electron chi connectivity index (χ4n) is 1.72. The number of hydrogen-bond donors (Lipinski definition) is 1. The zero-order valence-corrected chi connectivity index (χ0v) is 10.6. The maximum absolute atomic E-state index is 5.51. The molecule has 3 nitrogen and oxygen atoms in total. The summed E-state index contributed by atoms with van der Waals surface area (Å²) < 4.78 is 10.7. The minimum Gasteiger partial charge on any atom is -0.465 e. The van der Waals surface area contributed by atoms with Gasteiger partial charge in [-0.05, 0) is 25.5 Å². The van der Waals surface area contributed by atoms with Crippen molar-refractivity contribution in [3.63, 3.8) is 0 Å². The summed E-state index contributed by atoms with van der Waals surface area (Å²) in [4.78, 5) is 0. The molecule has 0 aromatic carbocycles. The predicted molar refractivity (Wildman–Crippen MR) is 65.5 cm³/mol. The zero-order valence-electron chi connectivity index (χ0n) is 10.6. The number of hydrogen-bond acceptors (Lipinski definition) is 3. The van der Waals surface area contributed by atoms with Gasteiger partial charge in [0, 0.05) is 13.2 Å². The second-order valence-electron chi connectivity index (χ2n) is 4.19. The molecular weight excluding hydrogens is 202 g/mol. The number of rotatable bonds is 8. The van der Waals surface area contributed by atoms with Crippen molar-refractivity contribution in [1.29, 1.82) is 0 Å². The summed E-state index contributed by atoms with van der Waals surface area (Å²) in [7, 11) is 1.75. The molecule has 0 saturated heterocycles. The maximum atomic E-state index is 5.51. The van der Waals surface area contributed by atoms with Crippen LogP contribution in [0.2, 0.25) is 0 Å². The van der Waals surface area contributed by atoms with Gasteiger partial charge in [-0.3, -0.25) is 0 Å². The molecule has 3 heteroatoms. The molecular formula is C13H23NO2. The molecule has 1 unspecified atom stereocenters. The van der Waals surface area contributed by atoms with Gasteiger partial charge >= 0.3 is 0 Å². The lowest BCUT2D eigenvalue weighted by Gasteiger charge is -2.16. The quantitative estimate of drug-likeness (QED) is 0.738. The standard InChI is InChI=1S/C13H23NO2/c1-4-5-6-12(10-15-3)14-9-13-8-7-11(2)16-13/h7-8,12,14H,4-6,9-10H2,1-3H3. The van der Waals surface area contributed by atoms with E-state index in [-0.39, 0.29) is 0 Å². The highest BCUT2D eigenvalue weighted by molar-refractivity contribution is 5.05. The molecule has 0 spiro atoms. The molecule has 1 rings (SSSR count). The number of unbranched alkanes of at least 4 members (excludes halogenated alkanes) is 1. The number of ether oxygens (including phenoxy) is 1. The van der Waals surface area contributed by atoms with Crippen LogP contribution in [0.1, 0.15) is 37.7 Å². The minimum atomic E-state index is 0.426. The first-order valence-electron chi connectivity index (χ1n) is 6.04. The van der Waals surface area contributed by atoms with Crippen molar-refractivity contribution in [3.05, 3.63) is 23.7 Å². The summed E-state index contributed by atoms with van der Waals surface area (Å²) in [6.45, 7) is 5.72. The highest BCUT2D eigenvalue weighted by Gasteiger charge is 2.08. The van der Waals surface area contributed by atoms with Crippen molar-refractivity contribution in [2.75, 3.05) is 13.7 Å². The fourth-order valence-corrected chi connectivity index (χ4v) is 1.72. The van der Waals surface area contributed by atoms with E-state index in [0.717, 1.165) is 31.1 Å². The normalized spacial score (nSPS) is 12.9. The zero-order chi connectivity index (χ0) is 11.8. The molecule has 0 aliphatic carbocycles. The predicted octanol–water partition coefficient (Wildman–Crippen LogP) is 2.88. The van der Waals surface area contributed by atoms with Crippen molar-refractivity contribution in [2.45, 2.75) is 45.7 Å². The van der Waals surface area contributed by atoms with Gasteiger partial charge in [-0.2, -0.15) is 0 Å². The second kappa shape index (κ2) is 7.47. The smallest absolute Gasteiger partial charge is 0.117 e. The Balaban J connectivity index is 2.30. The molecule has 1 aromatic heterocycles. The van der Waals surface area contributed by atoms with Crippen molar-refractivity contribution < 1.29 is 9.15 Å². The van der Waals surface area contributed by atoms with Gasteiger partial charge in [-0.1, -0.05) is 19.8 Å². The third-order valence-electron chi connectivity index (χ3n) is 2.63. The van der Waals surface area contributed by atoms with Crippen molar-refractivity contribution in [1.82, 2.24) is 5.32 Å². The number of nitrogens with one attached hydrogen (secondary N) is 1. The summed E-state index contributed by atoms with van der Waals surface area (Å²) in [5, 5.41) is 3.47. The molecule has 0 fully saturated rings. The van der Waals surface area contributed by atoms with E-state index >= 15 is 0 Å². The van der Waals surface area contributed by atoms with E-state index < -0.39 is 0 Å². The Kier molecular flexibility index (Phi) is 6.19. The van der Waals surface area contributed by atoms with Crippen LogP contribution >= 0.6 is 0 Å². The lowest BCUT2D eigenvalue weighted by Crippen LogP contribution is -2.32. The van der Waals surface area contributed by atoms with Gasteiger partial charge in [-0.15, -0.1) is 0 Å². The van der Waals surface area contributed by atoms with Gasteiger partial charge in [0.2, 0.25) is 0 Å². The molecule has 0 aliphatic rings. The SMILES string of the molecule is CCCCC(COC)NCc1ccc(C)o1. The van der Waals surface area contributed by atoms with Crippen molar-refractivity contribution in [3.8, 4) is 0 Å². The molecule has 0 radical (unpaired) electrons. The average molecular weight is 225 g/mol. The van der Waals surface area contributed by atoms with Crippen LogP contribution in [0.5, 0.6) is 0 Å². The molecule has 1 atom stereocenters. The number of aryl methyl sites for hydroxylation is 1. The van der Waals surface area contributed by atoms with Gasteiger partial charge in [0.05, 0.1) is 13.2 Å². The maximum Gasteiger partial charge on any atom is 0.117 e. The first-order chi connectivity index (χ1) is 7.76. The Bertz CT molecular complexity index is 283. The van der Waals surface area contributed by atoms with Crippen LogP contribution in [0.25, 0.3) is 0 Å². The molecule has 1 heterocycles. The van der Waals surface area contributed by atoms with Gasteiger partial charge in [-0.25, -0.2) is 0 Å². The molecule has 1 N–H and O–H groups in total. The van der Waals surface area contributed by atoms with E-state index in [1.54, 1.807) is 7.11 Å². The van der Waals surface area contributed by atoms with E-state index in [9.17, 15) is 0 Å². The summed E-state index contributed by atoms with van der Waals surface area (Å²) in [6, 6.07) is 4.44. The topological polar surface area (TPSA) is 34.4 Å². The number of furan rings is 1. The monoisotopic (exact) mass is 225 g/mol. The third-order valence-corrected chi connectivity index (χ3v) is 2.63. The Labute approximate surface area is 98.2 Å². The minimum absolute atomic E-state index is 0.426. The molecule has 0 amide bonds. The average Bonchev–Trinajstić information content (AvgIpc) is 2.68. The molecule has 0 aliphatic heterocycles.